The third-order valence-corrected chi connectivity index (χ3v) is 5.41. The van der Waals surface area contributed by atoms with Crippen molar-refractivity contribution in [3.05, 3.63) is 83.2 Å². The van der Waals surface area contributed by atoms with E-state index >= 15 is 0 Å². The molecule has 2 aromatic carbocycles. The molecule has 0 aromatic heterocycles. The molecule has 130 valence electrons. The summed E-state index contributed by atoms with van der Waals surface area (Å²) < 4.78 is 0. The Bertz CT molecular complexity index is 991. The zero-order valence-corrected chi connectivity index (χ0v) is 14.6. The summed E-state index contributed by atoms with van der Waals surface area (Å²) in [6.07, 6.45) is 0. The minimum Gasteiger partial charge on any atom is -0.369 e. The molecule has 0 bridgehead atoms. The minimum absolute atomic E-state index is 0.453. The van der Waals surface area contributed by atoms with Gasteiger partial charge in [0, 0.05) is 13.1 Å². The topological polar surface area (TPSA) is 86.6 Å². The van der Waals surface area contributed by atoms with E-state index in [0.717, 1.165) is 16.9 Å². The molecule has 2 atom stereocenters. The highest BCUT2D eigenvalue weighted by Gasteiger charge is 2.57. The van der Waals surface area contributed by atoms with E-state index in [1.54, 1.807) is 0 Å². The van der Waals surface area contributed by atoms with E-state index in [-0.39, 0.29) is 0 Å². The van der Waals surface area contributed by atoms with Crippen LogP contribution < -0.4 is 5.32 Å². The van der Waals surface area contributed by atoms with Crippen LogP contribution in [-0.4, -0.2) is 18.0 Å². The van der Waals surface area contributed by atoms with Crippen molar-refractivity contribution in [2.24, 2.45) is 5.41 Å². The van der Waals surface area contributed by atoms with Crippen LogP contribution >= 0.6 is 0 Å². The number of hydrogen-bond donors (Lipinski definition) is 1. The Labute approximate surface area is 158 Å². The summed E-state index contributed by atoms with van der Waals surface area (Å²) in [5.41, 5.74) is 0.746. The molecule has 2 heterocycles. The molecule has 5 heteroatoms. The normalized spacial score (nSPS) is 22.8. The first-order valence-electron chi connectivity index (χ1n) is 8.84. The van der Waals surface area contributed by atoms with E-state index in [9.17, 15) is 15.8 Å². The number of nitrogens with one attached hydrogen (secondary N) is 1. The number of nitriles is 3. The largest absolute Gasteiger partial charge is 0.369 e. The van der Waals surface area contributed by atoms with Crippen LogP contribution in [0.15, 0.2) is 72.1 Å². The fourth-order valence-corrected chi connectivity index (χ4v) is 4.33. The molecule has 0 amide bonds. The maximum atomic E-state index is 10.3. The number of fused-ring (bicyclic) bond motifs is 1. The molecule has 2 aliphatic rings. The highest BCUT2D eigenvalue weighted by atomic mass is 15.3. The van der Waals surface area contributed by atoms with Gasteiger partial charge in [0.2, 0.25) is 0 Å². The van der Waals surface area contributed by atoms with E-state index in [1.165, 1.54) is 0 Å². The Hall–Kier alpha value is -3.75. The van der Waals surface area contributed by atoms with Crippen molar-refractivity contribution in [3.63, 3.8) is 0 Å². The van der Waals surface area contributed by atoms with E-state index in [4.69, 9.17) is 0 Å². The summed E-state index contributed by atoms with van der Waals surface area (Å²) in [5.74, 6) is 0.113. The van der Waals surface area contributed by atoms with Crippen LogP contribution in [0.5, 0.6) is 0 Å². The number of rotatable bonds is 2. The third kappa shape index (κ3) is 2.35. The molecule has 0 radical (unpaired) electrons. The second-order valence-electron chi connectivity index (χ2n) is 6.74. The van der Waals surface area contributed by atoms with Crippen molar-refractivity contribution in [1.29, 1.82) is 15.8 Å². The molecular weight excluding hydrogens is 334 g/mol. The van der Waals surface area contributed by atoms with Gasteiger partial charge in [0.15, 0.2) is 5.41 Å². The molecule has 2 aliphatic heterocycles. The summed E-state index contributed by atoms with van der Waals surface area (Å²) in [4.78, 5) is 2.01. The van der Waals surface area contributed by atoms with Crippen molar-refractivity contribution in [1.82, 2.24) is 10.2 Å². The van der Waals surface area contributed by atoms with Crippen molar-refractivity contribution in [3.8, 4) is 18.2 Å². The van der Waals surface area contributed by atoms with Crippen LogP contribution in [0.2, 0.25) is 0 Å². The summed E-state index contributed by atoms with van der Waals surface area (Å²) in [7, 11) is 0. The van der Waals surface area contributed by atoms with E-state index < -0.39 is 17.4 Å². The fourth-order valence-electron chi connectivity index (χ4n) is 4.33. The molecule has 1 saturated heterocycles. The van der Waals surface area contributed by atoms with Gasteiger partial charge < -0.3 is 10.2 Å². The third-order valence-electron chi connectivity index (χ3n) is 5.41. The number of benzene rings is 2. The van der Waals surface area contributed by atoms with Crippen molar-refractivity contribution in [2.45, 2.75) is 12.0 Å². The van der Waals surface area contributed by atoms with Crippen LogP contribution in [0.1, 0.15) is 23.1 Å². The van der Waals surface area contributed by atoms with Gasteiger partial charge in [0.25, 0.3) is 0 Å². The van der Waals surface area contributed by atoms with Crippen molar-refractivity contribution in [2.75, 3.05) is 13.1 Å². The second-order valence-corrected chi connectivity index (χ2v) is 6.74. The van der Waals surface area contributed by atoms with Gasteiger partial charge in [-0.05, 0) is 11.1 Å². The Kier molecular flexibility index (Phi) is 4.03. The van der Waals surface area contributed by atoms with Crippen molar-refractivity contribution >= 4 is 0 Å². The van der Waals surface area contributed by atoms with E-state index in [1.807, 2.05) is 65.6 Å². The second kappa shape index (κ2) is 6.52. The maximum absolute atomic E-state index is 10.3. The predicted molar refractivity (Wildman–Crippen MR) is 99.4 cm³/mol. The van der Waals surface area contributed by atoms with Crippen LogP contribution in [0, 0.1) is 39.4 Å². The van der Waals surface area contributed by atoms with Gasteiger partial charge in [-0.15, -0.1) is 0 Å². The van der Waals surface area contributed by atoms with Gasteiger partial charge in [-0.3, -0.25) is 0 Å². The number of hydrogen-bond acceptors (Lipinski definition) is 5. The van der Waals surface area contributed by atoms with Gasteiger partial charge >= 0.3 is 0 Å². The Morgan fingerprint density at radius 3 is 2.04 bits per heavy atom. The highest BCUT2D eigenvalue weighted by Crippen LogP contribution is 2.56. The summed E-state index contributed by atoms with van der Waals surface area (Å²) >= 11 is 0. The van der Waals surface area contributed by atoms with Gasteiger partial charge in [-0.25, -0.2) is 0 Å². The molecule has 0 unspecified atom stereocenters. The molecule has 4 rings (SSSR count). The van der Waals surface area contributed by atoms with Gasteiger partial charge in [0.05, 0.1) is 35.7 Å². The summed E-state index contributed by atoms with van der Waals surface area (Å²) in [6.45, 7) is 1.32. The minimum atomic E-state index is -1.41. The lowest BCUT2D eigenvalue weighted by atomic mass is 9.62. The Balaban J connectivity index is 2.05. The van der Waals surface area contributed by atoms with E-state index in [2.05, 4.69) is 23.5 Å². The smallest absolute Gasteiger partial charge is 0.179 e. The average molecular weight is 351 g/mol. The predicted octanol–water partition coefficient (Wildman–Crippen LogP) is 3.20. The first-order chi connectivity index (χ1) is 13.3. The van der Waals surface area contributed by atoms with Crippen LogP contribution in [0.3, 0.4) is 0 Å². The lowest BCUT2D eigenvalue weighted by molar-refractivity contribution is 0.155. The zero-order chi connectivity index (χ0) is 18.9. The molecule has 0 aliphatic carbocycles. The zero-order valence-electron chi connectivity index (χ0n) is 14.6. The van der Waals surface area contributed by atoms with E-state index in [0.29, 0.717) is 18.7 Å². The van der Waals surface area contributed by atoms with Crippen molar-refractivity contribution < 1.29 is 0 Å². The molecular formula is C22H17N5. The lowest BCUT2D eigenvalue weighted by Crippen LogP contribution is -2.47. The fraction of sp³-hybridized carbons (Fsp3) is 0.227. The number of nitrogens with zero attached hydrogens (tertiary/aromatic N) is 4. The SMILES string of the molecule is N#CC1=C2NCCN2[C@@H](c2ccccc2)C(C#N)(C#N)[C@H]1c1ccccc1. The van der Waals surface area contributed by atoms with Crippen LogP contribution in [0.4, 0.5) is 0 Å². The van der Waals surface area contributed by atoms with Crippen LogP contribution in [0.25, 0.3) is 0 Å². The van der Waals surface area contributed by atoms with Crippen LogP contribution in [-0.2, 0) is 0 Å². The molecule has 1 fully saturated rings. The lowest BCUT2D eigenvalue weighted by Gasteiger charge is -2.46. The Morgan fingerprint density at radius 2 is 1.48 bits per heavy atom. The first kappa shape index (κ1) is 16.7. The first-order valence-corrected chi connectivity index (χ1v) is 8.84. The molecule has 27 heavy (non-hydrogen) atoms. The summed E-state index contributed by atoms with van der Waals surface area (Å²) in [6, 6.07) is 25.5. The molecule has 0 spiro atoms. The monoisotopic (exact) mass is 351 g/mol. The molecule has 5 nitrogen and oxygen atoms in total. The number of allylic oxidation sites excluding steroid dienone is 1. The van der Waals surface area contributed by atoms with Gasteiger partial charge in [0.1, 0.15) is 5.82 Å². The molecule has 2 aromatic rings. The van der Waals surface area contributed by atoms with Gasteiger partial charge in [-0.2, -0.15) is 15.8 Å². The maximum Gasteiger partial charge on any atom is 0.179 e. The molecule has 1 N–H and O–H groups in total. The molecule has 0 saturated carbocycles. The quantitative estimate of drug-likeness (QED) is 0.898. The van der Waals surface area contributed by atoms with Gasteiger partial charge in [-0.1, -0.05) is 60.7 Å². The Morgan fingerprint density at radius 1 is 0.889 bits per heavy atom. The highest BCUT2D eigenvalue weighted by molar-refractivity contribution is 5.52. The standard InChI is InChI=1S/C22H17N5/c23-13-18-19(16-7-3-1-4-8-16)22(14-24,15-25)20(17-9-5-2-6-10-17)27-12-11-26-21(18)27/h1-10,19-20,26H,11-12H2/t19-,20-/m0/s1. The summed E-state index contributed by atoms with van der Waals surface area (Å²) in [5, 5.41) is 33.8. The average Bonchev–Trinajstić information content (AvgIpc) is 3.22.